The molecule has 0 saturated carbocycles. The van der Waals surface area contributed by atoms with Crippen LogP contribution in [0.5, 0.6) is 0 Å². The van der Waals surface area contributed by atoms with E-state index in [1.165, 1.54) is 0 Å². The lowest BCUT2D eigenvalue weighted by Gasteiger charge is -2.41. The summed E-state index contributed by atoms with van der Waals surface area (Å²) >= 11 is 0. The Bertz CT molecular complexity index is 444. The number of benzene rings is 1. The van der Waals surface area contributed by atoms with Crippen LogP contribution in [-0.4, -0.2) is 15.7 Å². The van der Waals surface area contributed by atoms with Crippen LogP contribution in [0.2, 0.25) is 0 Å². The number of halogens is 4. The van der Waals surface area contributed by atoms with Gasteiger partial charge in [0, 0.05) is 0 Å². The molecule has 94 valence electrons. The molecule has 0 aliphatic carbocycles. The van der Waals surface area contributed by atoms with E-state index in [-0.39, 0.29) is 5.56 Å². The van der Waals surface area contributed by atoms with Crippen LogP contribution in [0.15, 0.2) is 18.2 Å². The van der Waals surface area contributed by atoms with Gasteiger partial charge in [0.15, 0.2) is 0 Å². The SMILES string of the molecule is [B]C([B])(c1cc(C(F)(F)F)ccc1F)C(C)(C)C. The molecule has 0 fully saturated rings. The Kier molecular flexibility index (Phi) is 3.63. The monoisotopic (exact) mass is 254 g/mol. The molecule has 0 atom stereocenters. The van der Waals surface area contributed by atoms with Crippen LogP contribution in [0.1, 0.15) is 31.9 Å². The minimum Gasteiger partial charge on any atom is -0.207 e. The van der Waals surface area contributed by atoms with Crippen molar-refractivity contribution in [2.24, 2.45) is 5.41 Å². The van der Waals surface area contributed by atoms with E-state index >= 15 is 0 Å². The molecule has 1 aromatic carbocycles. The highest BCUT2D eigenvalue weighted by Crippen LogP contribution is 2.39. The van der Waals surface area contributed by atoms with Crippen LogP contribution in [0.4, 0.5) is 17.6 Å². The summed E-state index contributed by atoms with van der Waals surface area (Å²) in [5.74, 6) is -0.845. The first-order valence-corrected chi connectivity index (χ1v) is 5.32. The van der Waals surface area contributed by atoms with Crippen molar-refractivity contribution >= 4 is 15.7 Å². The molecule has 0 aromatic heterocycles. The minimum atomic E-state index is -4.56. The lowest BCUT2D eigenvalue weighted by Crippen LogP contribution is -2.42. The number of alkyl halides is 3. The van der Waals surface area contributed by atoms with Crippen molar-refractivity contribution < 1.29 is 17.6 Å². The van der Waals surface area contributed by atoms with E-state index in [2.05, 4.69) is 0 Å². The molecule has 6 heteroatoms. The van der Waals surface area contributed by atoms with Gasteiger partial charge in [0.2, 0.25) is 0 Å². The molecule has 18 heavy (non-hydrogen) atoms. The molecule has 0 bridgehead atoms. The van der Waals surface area contributed by atoms with Crippen molar-refractivity contribution in [3.63, 3.8) is 0 Å². The average molecular weight is 254 g/mol. The first kappa shape index (κ1) is 15.1. The van der Waals surface area contributed by atoms with Gasteiger partial charge < -0.3 is 0 Å². The van der Waals surface area contributed by atoms with Crippen molar-refractivity contribution in [2.45, 2.75) is 32.2 Å². The van der Waals surface area contributed by atoms with E-state index < -0.39 is 28.2 Å². The van der Waals surface area contributed by atoms with E-state index in [1.54, 1.807) is 20.8 Å². The van der Waals surface area contributed by atoms with Gasteiger partial charge in [-0.3, -0.25) is 0 Å². The standard InChI is InChI=1S/C12H12B2F4/c1-10(2,3)11(13,14)8-6-7(12(16,17)18)4-5-9(8)15/h4-6H,1-3H3. The smallest absolute Gasteiger partial charge is 0.207 e. The fourth-order valence-electron chi connectivity index (χ4n) is 1.42. The molecule has 0 heterocycles. The zero-order valence-electron chi connectivity index (χ0n) is 10.4. The van der Waals surface area contributed by atoms with Crippen LogP contribution < -0.4 is 0 Å². The summed E-state index contributed by atoms with van der Waals surface area (Å²) in [6.07, 6.45) is -4.56. The summed E-state index contributed by atoms with van der Waals surface area (Å²) in [6, 6.07) is 2.07. The number of hydrogen-bond acceptors (Lipinski definition) is 0. The molecule has 0 aliphatic heterocycles. The predicted octanol–water partition coefficient (Wildman–Crippen LogP) is 3.38. The Labute approximate surface area is 107 Å². The third-order valence-electron chi connectivity index (χ3n) is 2.98. The molecule has 0 amide bonds. The summed E-state index contributed by atoms with van der Waals surface area (Å²) in [5, 5.41) is -1.70. The highest BCUT2D eigenvalue weighted by atomic mass is 19.4. The van der Waals surface area contributed by atoms with E-state index in [1.807, 2.05) is 0 Å². The quantitative estimate of drug-likeness (QED) is 0.532. The maximum Gasteiger partial charge on any atom is 0.416 e. The van der Waals surface area contributed by atoms with Crippen molar-refractivity contribution in [2.75, 3.05) is 0 Å². The third-order valence-corrected chi connectivity index (χ3v) is 2.98. The largest absolute Gasteiger partial charge is 0.416 e. The lowest BCUT2D eigenvalue weighted by atomic mass is 9.41. The molecule has 0 N–H and O–H groups in total. The molecule has 1 rings (SSSR count). The first-order valence-electron chi connectivity index (χ1n) is 5.32. The van der Waals surface area contributed by atoms with E-state index in [0.717, 1.165) is 6.07 Å². The second kappa shape index (κ2) is 4.32. The summed E-state index contributed by atoms with van der Waals surface area (Å²) in [4.78, 5) is 0. The zero-order chi connectivity index (χ0) is 14.4. The molecule has 0 aliphatic rings. The van der Waals surface area contributed by atoms with Crippen molar-refractivity contribution in [3.05, 3.63) is 35.1 Å². The Morgan fingerprint density at radius 3 is 1.89 bits per heavy atom. The van der Waals surface area contributed by atoms with Crippen molar-refractivity contribution in [3.8, 4) is 0 Å². The molecule has 0 spiro atoms. The summed E-state index contributed by atoms with van der Waals surface area (Å²) < 4.78 is 51.4. The van der Waals surface area contributed by atoms with Gasteiger partial charge >= 0.3 is 6.18 Å². The van der Waals surface area contributed by atoms with Gasteiger partial charge in [0.05, 0.1) is 21.3 Å². The van der Waals surface area contributed by atoms with E-state index in [0.29, 0.717) is 12.1 Å². The third kappa shape index (κ3) is 2.73. The van der Waals surface area contributed by atoms with Crippen LogP contribution in [-0.2, 0) is 11.4 Å². The van der Waals surface area contributed by atoms with Gasteiger partial charge in [-0.2, -0.15) is 13.2 Å². The number of rotatable bonds is 1. The summed E-state index contributed by atoms with van der Waals surface area (Å²) in [7, 11) is 11.6. The molecule has 0 nitrogen and oxygen atoms in total. The Hall–Kier alpha value is -0.930. The van der Waals surface area contributed by atoms with Crippen LogP contribution in [0.3, 0.4) is 0 Å². The van der Waals surface area contributed by atoms with Crippen LogP contribution in [0.25, 0.3) is 0 Å². The Balaban J connectivity index is 3.42. The van der Waals surface area contributed by atoms with E-state index in [9.17, 15) is 17.6 Å². The lowest BCUT2D eigenvalue weighted by molar-refractivity contribution is -0.137. The Morgan fingerprint density at radius 1 is 1.00 bits per heavy atom. The summed E-state index contributed by atoms with van der Waals surface area (Å²) in [6.45, 7) is 4.89. The zero-order valence-corrected chi connectivity index (χ0v) is 10.4. The normalized spacial score (nSPS) is 13.7. The van der Waals surface area contributed by atoms with Gasteiger partial charge in [-0.05, 0) is 29.2 Å². The topological polar surface area (TPSA) is 0 Å². The second-order valence-corrected chi connectivity index (χ2v) is 5.31. The van der Waals surface area contributed by atoms with Crippen LogP contribution >= 0.6 is 0 Å². The second-order valence-electron chi connectivity index (χ2n) is 5.31. The fraction of sp³-hybridized carbons (Fsp3) is 0.500. The minimum absolute atomic E-state index is 0.343. The molecular formula is C12H12B2F4. The van der Waals surface area contributed by atoms with Gasteiger partial charge in [-0.1, -0.05) is 26.0 Å². The molecular weight excluding hydrogens is 242 g/mol. The first-order chi connectivity index (χ1) is 7.87. The van der Waals surface area contributed by atoms with Crippen LogP contribution in [0, 0.1) is 11.2 Å². The van der Waals surface area contributed by atoms with Crippen molar-refractivity contribution in [1.29, 1.82) is 0 Å². The Morgan fingerprint density at radius 2 is 1.50 bits per heavy atom. The number of hydrogen-bond donors (Lipinski definition) is 0. The highest BCUT2D eigenvalue weighted by Gasteiger charge is 2.38. The van der Waals surface area contributed by atoms with Gasteiger partial charge in [-0.25, -0.2) is 4.39 Å². The van der Waals surface area contributed by atoms with E-state index in [4.69, 9.17) is 15.7 Å². The summed E-state index contributed by atoms with van der Waals surface area (Å²) in [5.41, 5.74) is -2.11. The fourth-order valence-corrected chi connectivity index (χ4v) is 1.42. The maximum atomic E-state index is 13.7. The van der Waals surface area contributed by atoms with Crippen molar-refractivity contribution in [1.82, 2.24) is 0 Å². The predicted molar refractivity (Wildman–Crippen MR) is 64.0 cm³/mol. The molecule has 1 aromatic rings. The molecule has 0 unspecified atom stereocenters. The maximum absolute atomic E-state index is 13.7. The van der Waals surface area contributed by atoms with Gasteiger partial charge in [0.25, 0.3) is 0 Å². The molecule has 0 saturated heterocycles. The highest BCUT2D eigenvalue weighted by molar-refractivity contribution is 6.40. The molecule has 4 radical (unpaired) electrons. The average Bonchev–Trinajstić information content (AvgIpc) is 2.14. The van der Waals surface area contributed by atoms with Gasteiger partial charge in [0.1, 0.15) is 5.82 Å². The van der Waals surface area contributed by atoms with Gasteiger partial charge in [-0.15, -0.1) is 0 Å².